The van der Waals surface area contributed by atoms with Gasteiger partial charge in [0.2, 0.25) is 0 Å². The molecule has 0 saturated carbocycles. The van der Waals surface area contributed by atoms with Crippen LogP contribution in [0.1, 0.15) is 26.7 Å². The second-order valence-electron chi connectivity index (χ2n) is 4.55. The highest BCUT2D eigenvalue weighted by molar-refractivity contribution is 8.00. The summed E-state index contributed by atoms with van der Waals surface area (Å²) in [6.07, 6.45) is 2.52. The molecule has 18 heavy (non-hydrogen) atoms. The van der Waals surface area contributed by atoms with Crippen LogP contribution in [0.4, 0.5) is 5.69 Å². The number of ether oxygens (including phenoxy) is 1. The number of nitrogens with one attached hydrogen (secondary N) is 1. The summed E-state index contributed by atoms with van der Waals surface area (Å²) in [6, 6.07) is 6.48. The van der Waals surface area contributed by atoms with Crippen LogP contribution in [-0.4, -0.2) is 23.7 Å². The van der Waals surface area contributed by atoms with Gasteiger partial charge in [0.05, 0.1) is 11.6 Å². The predicted octanol–water partition coefficient (Wildman–Crippen LogP) is 4.43. The molecule has 0 radical (unpaired) electrons. The van der Waals surface area contributed by atoms with Gasteiger partial charge in [0.25, 0.3) is 0 Å². The van der Waals surface area contributed by atoms with Gasteiger partial charge in [-0.1, -0.05) is 18.5 Å². The second-order valence-corrected chi connectivity index (χ2v) is 6.44. The maximum atomic E-state index is 6.19. The number of hydrogen-bond acceptors (Lipinski definition) is 3. The van der Waals surface area contributed by atoms with Crippen LogP contribution in [0.25, 0.3) is 0 Å². The highest BCUT2D eigenvalue weighted by Crippen LogP contribution is 2.31. The normalized spacial score (nSPS) is 23.7. The highest BCUT2D eigenvalue weighted by atomic mass is 35.5. The van der Waals surface area contributed by atoms with E-state index < -0.39 is 0 Å². The summed E-state index contributed by atoms with van der Waals surface area (Å²) in [4.78, 5) is 0. The van der Waals surface area contributed by atoms with Crippen LogP contribution in [0.15, 0.2) is 18.2 Å². The van der Waals surface area contributed by atoms with E-state index in [9.17, 15) is 0 Å². The van der Waals surface area contributed by atoms with Crippen molar-refractivity contribution in [2.24, 2.45) is 0 Å². The summed E-state index contributed by atoms with van der Waals surface area (Å²) in [5.74, 6) is 2.04. The molecule has 0 spiro atoms. The van der Waals surface area contributed by atoms with Crippen molar-refractivity contribution in [1.82, 2.24) is 0 Å². The molecule has 100 valence electrons. The zero-order valence-corrected chi connectivity index (χ0v) is 12.5. The smallest absolute Gasteiger partial charge is 0.138 e. The standard InChI is InChI=1S/C14H20ClNOS/c1-3-17-14-7-6-11(9-12(14)15)16-13-5-4-8-18-10(13)2/h6-7,9-10,13,16H,3-5,8H2,1-2H3. The van der Waals surface area contributed by atoms with E-state index >= 15 is 0 Å². The van der Waals surface area contributed by atoms with Crippen LogP contribution >= 0.6 is 23.4 Å². The largest absolute Gasteiger partial charge is 0.492 e. The lowest BCUT2D eigenvalue weighted by Gasteiger charge is -2.30. The summed E-state index contributed by atoms with van der Waals surface area (Å²) in [7, 11) is 0. The molecule has 4 heteroatoms. The van der Waals surface area contributed by atoms with E-state index in [-0.39, 0.29) is 0 Å². The zero-order chi connectivity index (χ0) is 13.0. The summed E-state index contributed by atoms with van der Waals surface area (Å²) in [5.41, 5.74) is 1.09. The quantitative estimate of drug-likeness (QED) is 0.884. The number of thioether (sulfide) groups is 1. The molecule has 0 aromatic heterocycles. The molecule has 2 nitrogen and oxygen atoms in total. The molecule has 1 aromatic carbocycles. The first-order valence-electron chi connectivity index (χ1n) is 6.51. The summed E-state index contributed by atoms with van der Waals surface area (Å²) >= 11 is 8.23. The van der Waals surface area contributed by atoms with Gasteiger partial charge in [-0.05, 0) is 43.7 Å². The van der Waals surface area contributed by atoms with Crippen molar-refractivity contribution in [3.63, 3.8) is 0 Å². The molecule has 1 fully saturated rings. The Kier molecular flexibility index (Phi) is 5.07. The van der Waals surface area contributed by atoms with Crippen LogP contribution in [0, 0.1) is 0 Å². The average molecular weight is 286 g/mol. The first kappa shape index (κ1) is 13.9. The van der Waals surface area contributed by atoms with Crippen LogP contribution in [-0.2, 0) is 0 Å². The van der Waals surface area contributed by atoms with Crippen LogP contribution in [0.5, 0.6) is 5.75 Å². The van der Waals surface area contributed by atoms with Gasteiger partial charge in [0.15, 0.2) is 0 Å². The molecule has 1 saturated heterocycles. The molecule has 1 N–H and O–H groups in total. The van der Waals surface area contributed by atoms with E-state index in [0.717, 1.165) is 11.4 Å². The number of rotatable bonds is 4. The lowest BCUT2D eigenvalue weighted by atomic mass is 10.1. The van der Waals surface area contributed by atoms with E-state index in [1.54, 1.807) is 0 Å². The maximum absolute atomic E-state index is 6.19. The van der Waals surface area contributed by atoms with Crippen LogP contribution in [0.2, 0.25) is 5.02 Å². The Balaban J connectivity index is 2.02. The third-order valence-corrected chi connectivity index (χ3v) is 4.86. The molecule has 0 amide bonds. The molecule has 1 aromatic rings. The van der Waals surface area contributed by atoms with Gasteiger partial charge in [-0.3, -0.25) is 0 Å². The van der Waals surface area contributed by atoms with E-state index in [4.69, 9.17) is 16.3 Å². The zero-order valence-electron chi connectivity index (χ0n) is 10.9. The molecular weight excluding hydrogens is 266 g/mol. The van der Waals surface area contributed by atoms with E-state index in [1.807, 2.05) is 36.9 Å². The van der Waals surface area contributed by atoms with Crippen LogP contribution < -0.4 is 10.1 Å². The second kappa shape index (κ2) is 6.58. The summed E-state index contributed by atoms with van der Waals surface area (Å²) in [5, 5.41) is 4.92. The molecule has 1 aliphatic heterocycles. The van der Waals surface area contributed by atoms with Crippen molar-refractivity contribution in [2.75, 3.05) is 17.7 Å². The Morgan fingerprint density at radius 3 is 3.00 bits per heavy atom. The first-order chi connectivity index (χ1) is 8.70. The molecule has 0 bridgehead atoms. The van der Waals surface area contributed by atoms with Gasteiger partial charge in [-0.25, -0.2) is 0 Å². The molecular formula is C14H20ClNOS. The third-order valence-electron chi connectivity index (χ3n) is 3.19. The molecule has 2 unspecified atom stereocenters. The third kappa shape index (κ3) is 3.48. The maximum Gasteiger partial charge on any atom is 0.138 e. The van der Waals surface area contributed by atoms with E-state index in [0.29, 0.717) is 22.9 Å². The molecule has 0 aliphatic carbocycles. The van der Waals surface area contributed by atoms with Crippen molar-refractivity contribution in [3.8, 4) is 5.75 Å². The minimum atomic E-state index is 0.540. The Morgan fingerprint density at radius 1 is 1.50 bits per heavy atom. The Labute approximate surface area is 118 Å². The van der Waals surface area contributed by atoms with Gasteiger partial charge in [0.1, 0.15) is 5.75 Å². The van der Waals surface area contributed by atoms with Crippen molar-refractivity contribution >= 4 is 29.1 Å². The first-order valence-corrected chi connectivity index (χ1v) is 7.94. The SMILES string of the molecule is CCOc1ccc(NC2CCCSC2C)cc1Cl. The number of hydrogen-bond donors (Lipinski definition) is 1. The summed E-state index contributed by atoms with van der Waals surface area (Å²) in [6.45, 7) is 4.89. The van der Waals surface area contributed by atoms with Crippen molar-refractivity contribution in [2.45, 2.75) is 38.0 Å². The van der Waals surface area contributed by atoms with Gasteiger partial charge < -0.3 is 10.1 Å². The molecule has 1 heterocycles. The van der Waals surface area contributed by atoms with Crippen molar-refractivity contribution < 1.29 is 4.74 Å². The molecule has 1 aliphatic rings. The van der Waals surface area contributed by atoms with Crippen molar-refractivity contribution in [3.05, 3.63) is 23.2 Å². The van der Waals surface area contributed by atoms with Crippen LogP contribution in [0.3, 0.4) is 0 Å². The lowest BCUT2D eigenvalue weighted by Crippen LogP contribution is -2.32. The Bertz CT molecular complexity index is 399. The number of halogens is 1. The lowest BCUT2D eigenvalue weighted by molar-refractivity contribution is 0.340. The van der Waals surface area contributed by atoms with Gasteiger partial charge in [-0.2, -0.15) is 11.8 Å². The highest BCUT2D eigenvalue weighted by Gasteiger charge is 2.21. The van der Waals surface area contributed by atoms with Gasteiger partial charge in [-0.15, -0.1) is 0 Å². The van der Waals surface area contributed by atoms with Gasteiger partial charge in [0, 0.05) is 17.0 Å². The van der Waals surface area contributed by atoms with E-state index in [1.165, 1.54) is 18.6 Å². The minimum absolute atomic E-state index is 0.540. The number of anilines is 1. The topological polar surface area (TPSA) is 21.3 Å². The Hall–Kier alpha value is -0.540. The predicted molar refractivity (Wildman–Crippen MR) is 81.2 cm³/mol. The fraction of sp³-hybridized carbons (Fsp3) is 0.571. The fourth-order valence-corrected chi connectivity index (χ4v) is 3.57. The van der Waals surface area contributed by atoms with Gasteiger partial charge >= 0.3 is 0 Å². The minimum Gasteiger partial charge on any atom is -0.492 e. The fourth-order valence-electron chi connectivity index (χ4n) is 2.19. The molecule has 2 atom stereocenters. The summed E-state index contributed by atoms with van der Waals surface area (Å²) < 4.78 is 5.44. The van der Waals surface area contributed by atoms with Crippen molar-refractivity contribution in [1.29, 1.82) is 0 Å². The Morgan fingerprint density at radius 2 is 2.33 bits per heavy atom. The monoisotopic (exact) mass is 285 g/mol. The van der Waals surface area contributed by atoms with E-state index in [2.05, 4.69) is 12.2 Å². The average Bonchev–Trinajstić information content (AvgIpc) is 2.36. The number of benzene rings is 1. The molecule has 2 rings (SSSR count).